The number of nitrogens with zero attached hydrogens (tertiary/aromatic N) is 1. The van der Waals surface area contributed by atoms with Crippen molar-refractivity contribution in [1.82, 2.24) is 15.3 Å². The Kier molecular flexibility index (Phi) is 4.70. The van der Waals surface area contributed by atoms with Gasteiger partial charge in [0.2, 0.25) is 0 Å². The van der Waals surface area contributed by atoms with Gasteiger partial charge in [-0.1, -0.05) is 6.92 Å². The standard InChI is InChI=1S/C8H15N3OS/c1-2-13(12)6-5-9-7-8-10-3-4-11-8/h3-4,9H,2,5-7H2,1H3,(H,10,11). The van der Waals surface area contributed by atoms with Crippen molar-refractivity contribution in [2.24, 2.45) is 0 Å². The van der Waals surface area contributed by atoms with E-state index < -0.39 is 10.8 Å². The summed E-state index contributed by atoms with van der Waals surface area (Å²) >= 11 is 0. The van der Waals surface area contributed by atoms with Crippen LogP contribution >= 0.6 is 0 Å². The fourth-order valence-electron chi connectivity index (χ4n) is 0.932. The Bertz CT molecular complexity index is 248. The fourth-order valence-corrected chi connectivity index (χ4v) is 1.59. The highest BCUT2D eigenvalue weighted by molar-refractivity contribution is 7.84. The van der Waals surface area contributed by atoms with Gasteiger partial charge in [0.1, 0.15) is 5.82 Å². The SMILES string of the molecule is CCS(=O)CCNCc1ncc[nH]1. The third kappa shape index (κ3) is 4.19. The first-order valence-electron chi connectivity index (χ1n) is 4.37. The Labute approximate surface area is 80.6 Å². The lowest BCUT2D eigenvalue weighted by molar-refractivity contribution is 0.668. The lowest BCUT2D eigenvalue weighted by Crippen LogP contribution is -2.21. The highest BCUT2D eigenvalue weighted by atomic mass is 32.2. The minimum Gasteiger partial charge on any atom is -0.348 e. The molecule has 4 nitrogen and oxygen atoms in total. The molecular weight excluding hydrogens is 186 g/mol. The van der Waals surface area contributed by atoms with Gasteiger partial charge in [0, 0.05) is 41.2 Å². The van der Waals surface area contributed by atoms with Crippen molar-refractivity contribution in [3.05, 3.63) is 18.2 Å². The molecule has 2 N–H and O–H groups in total. The van der Waals surface area contributed by atoms with E-state index in [1.54, 1.807) is 12.4 Å². The summed E-state index contributed by atoms with van der Waals surface area (Å²) in [5.41, 5.74) is 0. The lowest BCUT2D eigenvalue weighted by Gasteiger charge is -2.01. The van der Waals surface area contributed by atoms with E-state index in [0.29, 0.717) is 6.54 Å². The summed E-state index contributed by atoms with van der Waals surface area (Å²) in [5.74, 6) is 2.38. The van der Waals surface area contributed by atoms with Crippen molar-refractivity contribution in [3.8, 4) is 0 Å². The number of aromatic amines is 1. The Morgan fingerprint density at radius 2 is 2.54 bits per heavy atom. The first kappa shape index (κ1) is 10.4. The van der Waals surface area contributed by atoms with E-state index in [9.17, 15) is 4.21 Å². The average molecular weight is 201 g/mol. The van der Waals surface area contributed by atoms with Gasteiger partial charge in [-0.15, -0.1) is 0 Å². The van der Waals surface area contributed by atoms with Crippen LogP contribution < -0.4 is 5.32 Å². The number of H-pyrrole nitrogens is 1. The van der Waals surface area contributed by atoms with E-state index in [2.05, 4.69) is 15.3 Å². The second-order valence-electron chi connectivity index (χ2n) is 2.65. The molecule has 1 unspecified atom stereocenters. The molecule has 1 heterocycles. The molecule has 0 aliphatic heterocycles. The molecule has 0 saturated carbocycles. The van der Waals surface area contributed by atoms with Crippen LogP contribution in [0.5, 0.6) is 0 Å². The predicted octanol–water partition coefficient (Wildman–Crippen LogP) is 0.268. The summed E-state index contributed by atoms with van der Waals surface area (Å²) in [6.07, 6.45) is 3.52. The first-order valence-corrected chi connectivity index (χ1v) is 5.85. The first-order chi connectivity index (χ1) is 6.33. The Morgan fingerprint density at radius 3 is 3.15 bits per heavy atom. The normalized spacial score (nSPS) is 13.0. The Hall–Kier alpha value is -0.680. The summed E-state index contributed by atoms with van der Waals surface area (Å²) in [6.45, 7) is 3.43. The minimum absolute atomic E-state index is 0.668. The van der Waals surface area contributed by atoms with Crippen LogP contribution in [0.15, 0.2) is 12.4 Å². The van der Waals surface area contributed by atoms with Crippen molar-refractivity contribution in [3.63, 3.8) is 0 Å². The maximum absolute atomic E-state index is 11.0. The van der Waals surface area contributed by atoms with Crippen LogP contribution in [0.25, 0.3) is 0 Å². The number of rotatable bonds is 6. The summed E-state index contributed by atoms with van der Waals surface area (Å²) in [7, 11) is -0.668. The Balaban J connectivity index is 2.05. The second kappa shape index (κ2) is 5.88. The molecule has 5 heteroatoms. The number of hydrogen-bond acceptors (Lipinski definition) is 3. The topological polar surface area (TPSA) is 57.8 Å². The highest BCUT2D eigenvalue weighted by Gasteiger charge is 1.96. The summed E-state index contributed by atoms with van der Waals surface area (Å²) in [4.78, 5) is 7.05. The zero-order chi connectivity index (χ0) is 9.52. The summed E-state index contributed by atoms with van der Waals surface area (Å²) < 4.78 is 11.0. The molecule has 0 aliphatic carbocycles. The zero-order valence-electron chi connectivity index (χ0n) is 7.75. The van der Waals surface area contributed by atoms with E-state index in [0.717, 1.165) is 23.9 Å². The van der Waals surface area contributed by atoms with Crippen LogP contribution in [0, 0.1) is 0 Å². The second-order valence-corrected chi connectivity index (χ2v) is 4.51. The van der Waals surface area contributed by atoms with E-state index in [1.807, 2.05) is 6.92 Å². The molecule has 0 bridgehead atoms. The van der Waals surface area contributed by atoms with Crippen molar-refractivity contribution in [2.45, 2.75) is 13.5 Å². The van der Waals surface area contributed by atoms with Gasteiger partial charge in [-0.05, 0) is 0 Å². The third-order valence-electron chi connectivity index (χ3n) is 1.68. The van der Waals surface area contributed by atoms with Gasteiger partial charge in [-0.25, -0.2) is 4.98 Å². The van der Waals surface area contributed by atoms with Crippen LogP contribution in [0.3, 0.4) is 0 Å². The molecule has 0 fully saturated rings. The molecule has 1 rings (SSSR count). The minimum atomic E-state index is -0.668. The van der Waals surface area contributed by atoms with Gasteiger partial charge in [0.05, 0.1) is 6.54 Å². The summed E-state index contributed by atoms with van der Waals surface area (Å²) in [5, 5.41) is 3.17. The predicted molar refractivity (Wildman–Crippen MR) is 53.8 cm³/mol. The lowest BCUT2D eigenvalue weighted by atomic mass is 10.6. The molecule has 74 valence electrons. The number of hydrogen-bond donors (Lipinski definition) is 2. The largest absolute Gasteiger partial charge is 0.348 e. The smallest absolute Gasteiger partial charge is 0.120 e. The van der Waals surface area contributed by atoms with Crippen LogP contribution in [0.2, 0.25) is 0 Å². The van der Waals surface area contributed by atoms with E-state index in [1.165, 1.54) is 0 Å². The quantitative estimate of drug-likeness (QED) is 0.649. The van der Waals surface area contributed by atoms with Gasteiger partial charge < -0.3 is 10.3 Å². The number of nitrogens with one attached hydrogen (secondary N) is 2. The molecule has 0 amide bonds. The zero-order valence-corrected chi connectivity index (χ0v) is 8.56. The van der Waals surface area contributed by atoms with Gasteiger partial charge in [-0.2, -0.15) is 0 Å². The van der Waals surface area contributed by atoms with Crippen LogP contribution in [-0.2, 0) is 17.3 Å². The summed E-state index contributed by atoms with van der Waals surface area (Å²) in [6, 6.07) is 0. The van der Waals surface area contributed by atoms with Crippen molar-refractivity contribution < 1.29 is 4.21 Å². The van der Waals surface area contributed by atoms with Gasteiger partial charge >= 0.3 is 0 Å². The molecule has 1 atom stereocenters. The molecular formula is C8H15N3OS. The molecule has 0 saturated heterocycles. The Morgan fingerprint density at radius 1 is 1.69 bits per heavy atom. The van der Waals surface area contributed by atoms with Gasteiger partial charge in [0.15, 0.2) is 0 Å². The monoisotopic (exact) mass is 201 g/mol. The maximum atomic E-state index is 11.0. The van der Waals surface area contributed by atoms with Crippen LogP contribution in [-0.4, -0.2) is 32.2 Å². The highest BCUT2D eigenvalue weighted by Crippen LogP contribution is 1.86. The van der Waals surface area contributed by atoms with E-state index >= 15 is 0 Å². The average Bonchev–Trinajstić information content (AvgIpc) is 2.64. The molecule has 1 aromatic rings. The van der Waals surface area contributed by atoms with Crippen LogP contribution in [0.1, 0.15) is 12.7 Å². The fraction of sp³-hybridized carbons (Fsp3) is 0.625. The van der Waals surface area contributed by atoms with Crippen molar-refractivity contribution >= 4 is 10.8 Å². The molecule has 0 radical (unpaired) electrons. The van der Waals surface area contributed by atoms with Crippen LogP contribution in [0.4, 0.5) is 0 Å². The van der Waals surface area contributed by atoms with Gasteiger partial charge in [-0.3, -0.25) is 4.21 Å². The molecule has 0 aliphatic rings. The van der Waals surface area contributed by atoms with Gasteiger partial charge in [0.25, 0.3) is 0 Å². The van der Waals surface area contributed by atoms with E-state index in [4.69, 9.17) is 0 Å². The maximum Gasteiger partial charge on any atom is 0.120 e. The third-order valence-corrected chi connectivity index (χ3v) is 2.98. The molecule has 0 spiro atoms. The number of imidazole rings is 1. The van der Waals surface area contributed by atoms with E-state index in [-0.39, 0.29) is 0 Å². The van der Waals surface area contributed by atoms with Crippen molar-refractivity contribution in [2.75, 3.05) is 18.1 Å². The molecule has 1 aromatic heterocycles. The molecule has 13 heavy (non-hydrogen) atoms. The van der Waals surface area contributed by atoms with Crippen molar-refractivity contribution in [1.29, 1.82) is 0 Å². The molecule has 0 aromatic carbocycles. The number of aromatic nitrogens is 2.